The van der Waals surface area contributed by atoms with Gasteiger partial charge in [0.05, 0.1) is 10.6 Å². The van der Waals surface area contributed by atoms with E-state index in [1.54, 1.807) is 0 Å². The van der Waals surface area contributed by atoms with E-state index < -0.39 is 52.8 Å². The lowest BCUT2D eigenvalue weighted by Crippen LogP contribution is -2.50. The first-order chi connectivity index (χ1) is 9.54. The Labute approximate surface area is 131 Å². The number of amides is 1. The van der Waals surface area contributed by atoms with E-state index in [2.05, 4.69) is 4.74 Å². The number of ether oxygens (including phenoxy) is 1. The van der Waals surface area contributed by atoms with Crippen LogP contribution in [0.2, 0.25) is 5.02 Å². The largest absolute Gasteiger partial charge is 0.443 e. The van der Waals surface area contributed by atoms with Crippen LogP contribution < -0.4 is 5.32 Å². The summed E-state index contributed by atoms with van der Waals surface area (Å²) in [6, 6.07) is -1.56. The summed E-state index contributed by atoms with van der Waals surface area (Å²) in [5.74, 6) is -5.60. The summed E-state index contributed by atoms with van der Waals surface area (Å²) in [6.45, 7) is -1.47. The van der Waals surface area contributed by atoms with Gasteiger partial charge in [-0.05, 0) is 12.1 Å². The minimum Gasteiger partial charge on any atom is -0.443 e. The number of cyclic esters (lactones) is 1. The molecule has 0 aliphatic carbocycles. The Kier molecular flexibility index (Phi) is 5.13. The van der Waals surface area contributed by atoms with E-state index in [0.717, 1.165) is 0 Å². The molecule has 1 aliphatic rings. The van der Waals surface area contributed by atoms with Gasteiger partial charge in [-0.3, -0.25) is 0 Å². The lowest BCUT2D eigenvalue weighted by atomic mass is 9.94. The average molecular weight is 370 g/mol. The fourth-order valence-corrected chi connectivity index (χ4v) is 2.05. The van der Waals surface area contributed by atoms with E-state index in [1.165, 1.54) is 5.32 Å². The van der Waals surface area contributed by atoms with Crippen molar-refractivity contribution in [2.45, 2.75) is 18.1 Å². The Balaban J connectivity index is 0.00000242. The number of hydrogen-bond acceptors (Lipinski definition) is 2. The smallest absolute Gasteiger partial charge is 0.416 e. The van der Waals surface area contributed by atoms with Crippen molar-refractivity contribution in [1.29, 1.82) is 0 Å². The molecule has 11 heteroatoms. The van der Waals surface area contributed by atoms with Crippen molar-refractivity contribution in [3.8, 4) is 0 Å². The van der Waals surface area contributed by atoms with Crippen molar-refractivity contribution in [3.63, 3.8) is 0 Å². The van der Waals surface area contributed by atoms with Gasteiger partial charge in [0.15, 0.2) is 6.61 Å². The molecule has 0 spiro atoms. The second kappa shape index (κ2) is 6.04. The van der Waals surface area contributed by atoms with Crippen molar-refractivity contribution in [1.82, 2.24) is 5.32 Å². The Hall–Kier alpha value is -1.35. The molecule has 22 heavy (non-hydrogen) atoms. The Morgan fingerprint density at radius 2 is 1.91 bits per heavy atom. The fourth-order valence-electron chi connectivity index (χ4n) is 1.89. The molecule has 1 N–H and O–H groups in total. The van der Waals surface area contributed by atoms with Gasteiger partial charge in [-0.25, -0.2) is 18.0 Å². The standard InChI is InChI=1S/C11H6ClF6NO2.ClH/c12-5-2-1-4(11(16,17)18)6(7(5)13)8-10(14,15)3-21-9(20)19-8;/h1-2,8H,3H2,(H,19,20);1H/t8-;/m0./s1. The first kappa shape index (κ1) is 18.7. The monoisotopic (exact) mass is 369 g/mol. The van der Waals surface area contributed by atoms with E-state index in [9.17, 15) is 31.1 Å². The van der Waals surface area contributed by atoms with Gasteiger partial charge in [0.25, 0.3) is 0 Å². The maximum absolute atomic E-state index is 13.9. The summed E-state index contributed by atoms with van der Waals surface area (Å²) in [6.07, 6.45) is -6.47. The second-order valence-electron chi connectivity index (χ2n) is 4.23. The number of alkyl carbamates (subject to hydrolysis) is 1. The zero-order valence-electron chi connectivity index (χ0n) is 10.3. The van der Waals surface area contributed by atoms with Crippen LogP contribution in [0.3, 0.4) is 0 Å². The van der Waals surface area contributed by atoms with Gasteiger partial charge < -0.3 is 10.1 Å². The molecule has 1 atom stereocenters. The van der Waals surface area contributed by atoms with Crippen LogP contribution in [-0.4, -0.2) is 18.6 Å². The molecule has 0 aromatic heterocycles. The first-order valence-corrected chi connectivity index (χ1v) is 5.78. The Morgan fingerprint density at radius 1 is 1.32 bits per heavy atom. The lowest BCUT2D eigenvalue weighted by Gasteiger charge is -2.33. The van der Waals surface area contributed by atoms with E-state index in [4.69, 9.17) is 11.6 Å². The third-order valence-electron chi connectivity index (χ3n) is 2.81. The number of carbonyl (C=O) groups excluding carboxylic acids is 1. The highest BCUT2D eigenvalue weighted by Crippen LogP contribution is 2.43. The molecule has 124 valence electrons. The Morgan fingerprint density at radius 3 is 2.45 bits per heavy atom. The number of hydrogen-bond donors (Lipinski definition) is 1. The minimum atomic E-state index is -5.10. The summed E-state index contributed by atoms with van der Waals surface area (Å²) in [5.41, 5.74) is -3.06. The predicted molar refractivity (Wildman–Crippen MR) is 65.8 cm³/mol. The molecule has 3 nitrogen and oxygen atoms in total. The molecule has 1 saturated heterocycles. The van der Waals surface area contributed by atoms with Crippen LogP contribution >= 0.6 is 24.0 Å². The molecule has 1 aromatic rings. The average Bonchev–Trinajstić information content (AvgIpc) is 2.34. The van der Waals surface area contributed by atoms with E-state index in [-0.39, 0.29) is 12.4 Å². The van der Waals surface area contributed by atoms with E-state index in [0.29, 0.717) is 12.1 Å². The quantitative estimate of drug-likeness (QED) is 0.748. The van der Waals surface area contributed by atoms with Gasteiger partial charge >= 0.3 is 18.2 Å². The highest BCUT2D eigenvalue weighted by atomic mass is 35.5. The van der Waals surface area contributed by atoms with Crippen LogP contribution in [0.25, 0.3) is 0 Å². The summed E-state index contributed by atoms with van der Waals surface area (Å²) in [4.78, 5) is 11.0. The maximum atomic E-state index is 13.9. The molecule has 0 radical (unpaired) electrons. The van der Waals surface area contributed by atoms with Crippen molar-refractivity contribution < 1.29 is 35.9 Å². The Bertz CT molecular complexity index is 593. The molecule has 2 rings (SSSR count). The van der Waals surface area contributed by atoms with Crippen molar-refractivity contribution in [2.75, 3.05) is 6.61 Å². The first-order valence-electron chi connectivity index (χ1n) is 5.40. The van der Waals surface area contributed by atoms with Gasteiger partial charge in [0.2, 0.25) is 0 Å². The maximum Gasteiger partial charge on any atom is 0.416 e. The van der Waals surface area contributed by atoms with Gasteiger partial charge in [-0.1, -0.05) is 11.6 Å². The number of halogens is 8. The van der Waals surface area contributed by atoms with Crippen LogP contribution in [0.5, 0.6) is 0 Å². The minimum absolute atomic E-state index is 0. The lowest BCUT2D eigenvalue weighted by molar-refractivity contribution is -0.142. The normalized spacial score (nSPS) is 20.7. The summed E-state index contributed by atoms with van der Waals surface area (Å²) >= 11 is 5.35. The number of carbonyl (C=O) groups is 1. The summed E-state index contributed by atoms with van der Waals surface area (Å²) in [7, 11) is 0. The molecule has 1 aromatic carbocycles. The fraction of sp³-hybridized carbons (Fsp3) is 0.364. The molecule has 1 heterocycles. The van der Waals surface area contributed by atoms with Crippen molar-refractivity contribution in [3.05, 3.63) is 34.1 Å². The summed E-state index contributed by atoms with van der Waals surface area (Å²) in [5, 5.41) is 0.725. The molecular formula is C11H7Cl2F6NO2. The van der Waals surface area contributed by atoms with Gasteiger partial charge in [0.1, 0.15) is 11.9 Å². The third-order valence-corrected chi connectivity index (χ3v) is 3.10. The van der Waals surface area contributed by atoms with Gasteiger partial charge in [-0.2, -0.15) is 13.2 Å². The number of nitrogens with one attached hydrogen (secondary N) is 1. The van der Waals surface area contributed by atoms with Crippen LogP contribution in [-0.2, 0) is 10.9 Å². The molecule has 1 fully saturated rings. The third kappa shape index (κ3) is 3.35. The van der Waals surface area contributed by atoms with Gasteiger partial charge in [0, 0.05) is 5.56 Å². The number of alkyl halides is 5. The van der Waals surface area contributed by atoms with E-state index in [1.807, 2.05) is 0 Å². The number of benzene rings is 1. The summed E-state index contributed by atoms with van der Waals surface area (Å²) < 4.78 is 83.9. The zero-order valence-corrected chi connectivity index (χ0v) is 11.9. The molecule has 0 saturated carbocycles. The van der Waals surface area contributed by atoms with E-state index >= 15 is 0 Å². The highest BCUT2D eigenvalue weighted by molar-refractivity contribution is 6.30. The highest BCUT2D eigenvalue weighted by Gasteiger charge is 2.51. The van der Waals surface area contributed by atoms with Crippen LogP contribution in [0.4, 0.5) is 31.1 Å². The molecule has 0 bridgehead atoms. The number of rotatable bonds is 1. The molecule has 0 unspecified atom stereocenters. The molecule has 1 amide bonds. The molecule has 1 aliphatic heterocycles. The van der Waals surface area contributed by atoms with Crippen molar-refractivity contribution in [2.24, 2.45) is 0 Å². The van der Waals surface area contributed by atoms with Crippen LogP contribution in [0.1, 0.15) is 17.2 Å². The van der Waals surface area contributed by atoms with Crippen LogP contribution in [0.15, 0.2) is 12.1 Å². The van der Waals surface area contributed by atoms with Crippen molar-refractivity contribution >= 4 is 30.1 Å². The predicted octanol–water partition coefficient (Wildman–Crippen LogP) is 4.34. The topological polar surface area (TPSA) is 38.3 Å². The van der Waals surface area contributed by atoms with Gasteiger partial charge in [-0.15, -0.1) is 12.4 Å². The molecular weight excluding hydrogens is 363 g/mol. The SMILES string of the molecule is Cl.O=C1N[C@@H](c2c(C(F)(F)F)ccc(Cl)c2F)C(F)(F)CO1. The second-order valence-corrected chi connectivity index (χ2v) is 4.64. The zero-order chi connectivity index (χ0) is 16.0. The van der Waals surface area contributed by atoms with Crippen LogP contribution in [0, 0.1) is 5.82 Å².